The first kappa shape index (κ1) is 15.5. The Labute approximate surface area is 122 Å². The lowest BCUT2D eigenvalue weighted by atomic mass is 9.85. The number of nitrogens with two attached hydrogens (primary N) is 1. The number of nitrogens with zero attached hydrogens (tertiary/aromatic N) is 1. The molecule has 0 aliphatic carbocycles. The summed E-state index contributed by atoms with van der Waals surface area (Å²) in [6, 6.07) is 6.89. The maximum Gasteiger partial charge on any atom is 0.243 e. The third-order valence-corrected chi connectivity index (χ3v) is 6.01. The Morgan fingerprint density at radius 3 is 2.40 bits per heavy atom. The van der Waals surface area contributed by atoms with Crippen LogP contribution in [0.15, 0.2) is 29.2 Å². The van der Waals surface area contributed by atoms with Crippen LogP contribution in [0.4, 0.5) is 0 Å². The van der Waals surface area contributed by atoms with Crippen molar-refractivity contribution in [3.8, 4) is 0 Å². The number of rotatable bonds is 3. The van der Waals surface area contributed by atoms with Crippen LogP contribution in [0.2, 0.25) is 0 Å². The molecular weight excluding hydrogens is 272 g/mol. The third-order valence-electron chi connectivity index (χ3n) is 4.10. The van der Waals surface area contributed by atoms with E-state index < -0.39 is 10.0 Å². The molecule has 1 saturated heterocycles. The summed E-state index contributed by atoms with van der Waals surface area (Å²) in [5.74, 6) is 0. The molecule has 4 nitrogen and oxygen atoms in total. The minimum atomic E-state index is -3.37. The maximum atomic E-state index is 12.6. The molecule has 2 N–H and O–H groups in total. The average Bonchev–Trinajstić information content (AvgIpc) is 2.60. The minimum absolute atomic E-state index is 0.230. The summed E-state index contributed by atoms with van der Waals surface area (Å²) in [4.78, 5) is 0.370. The average molecular weight is 296 g/mol. The second kappa shape index (κ2) is 5.84. The number of sulfonamides is 1. The standard InChI is InChI=1S/C15H24N2O2S/c1-15(2)8-3-10-17(11-9-15)20(18,19)14-6-4-13(12-16)5-7-14/h4-7H,3,8-12,16H2,1-2H3. The zero-order valence-corrected chi connectivity index (χ0v) is 13.1. The van der Waals surface area contributed by atoms with Crippen molar-refractivity contribution in [1.82, 2.24) is 4.31 Å². The van der Waals surface area contributed by atoms with Crippen molar-refractivity contribution in [2.24, 2.45) is 11.1 Å². The SMILES string of the molecule is CC1(C)CCCN(S(=O)(=O)c2ccc(CN)cc2)CC1. The molecule has 0 atom stereocenters. The lowest BCUT2D eigenvalue weighted by Crippen LogP contribution is -2.32. The van der Waals surface area contributed by atoms with Crippen LogP contribution in [0.25, 0.3) is 0 Å². The van der Waals surface area contributed by atoms with E-state index in [1.165, 1.54) is 0 Å². The van der Waals surface area contributed by atoms with Gasteiger partial charge < -0.3 is 5.73 Å². The van der Waals surface area contributed by atoms with Gasteiger partial charge in [-0.25, -0.2) is 8.42 Å². The van der Waals surface area contributed by atoms with Crippen LogP contribution in [0.1, 0.15) is 38.7 Å². The second-order valence-electron chi connectivity index (χ2n) is 6.27. The lowest BCUT2D eigenvalue weighted by molar-refractivity contribution is 0.315. The number of hydrogen-bond acceptors (Lipinski definition) is 3. The van der Waals surface area contributed by atoms with Crippen molar-refractivity contribution < 1.29 is 8.42 Å². The Morgan fingerprint density at radius 1 is 1.15 bits per heavy atom. The quantitative estimate of drug-likeness (QED) is 0.931. The van der Waals surface area contributed by atoms with Crippen molar-refractivity contribution in [2.75, 3.05) is 13.1 Å². The summed E-state index contributed by atoms with van der Waals surface area (Å²) in [6.07, 6.45) is 2.91. The summed E-state index contributed by atoms with van der Waals surface area (Å²) >= 11 is 0. The van der Waals surface area contributed by atoms with Gasteiger partial charge in [0.2, 0.25) is 10.0 Å². The van der Waals surface area contributed by atoms with Gasteiger partial charge in [-0.2, -0.15) is 4.31 Å². The molecular formula is C15H24N2O2S. The van der Waals surface area contributed by atoms with Gasteiger partial charge in [0.15, 0.2) is 0 Å². The van der Waals surface area contributed by atoms with E-state index in [0.717, 1.165) is 24.8 Å². The second-order valence-corrected chi connectivity index (χ2v) is 8.21. The first-order valence-electron chi connectivity index (χ1n) is 7.14. The fraction of sp³-hybridized carbons (Fsp3) is 0.600. The van der Waals surface area contributed by atoms with Gasteiger partial charge in [0.05, 0.1) is 4.90 Å². The van der Waals surface area contributed by atoms with E-state index >= 15 is 0 Å². The molecule has 0 bridgehead atoms. The highest BCUT2D eigenvalue weighted by molar-refractivity contribution is 7.89. The molecule has 1 aromatic carbocycles. The van der Waals surface area contributed by atoms with Crippen LogP contribution in [0, 0.1) is 5.41 Å². The lowest BCUT2D eigenvalue weighted by Gasteiger charge is -2.23. The summed E-state index contributed by atoms with van der Waals surface area (Å²) < 4.78 is 26.9. The monoisotopic (exact) mass is 296 g/mol. The molecule has 5 heteroatoms. The van der Waals surface area contributed by atoms with Gasteiger partial charge in [-0.3, -0.25) is 0 Å². The summed E-state index contributed by atoms with van der Waals surface area (Å²) in [7, 11) is -3.37. The highest BCUT2D eigenvalue weighted by Gasteiger charge is 2.30. The van der Waals surface area contributed by atoms with Crippen LogP contribution in [-0.2, 0) is 16.6 Å². The molecule has 1 fully saturated rings. The molecule has 0 aromatic heterocycles. The summed E-state index contributed by atoms with van der Waals surface area (Å²) in [5.41, 5.74) is 6.72. The normalized spacial score (nSPS) is 20.6. The van der Waals surface area contributed by atoms with Crippen molar-refractivity contribution in [1.29, 1.82) is 0 Å². The smallest absolute Gasteiger partial charge is 0.243 e. The topological polar surface area (TPSA) is 63.4 Å². The van der Waals surface area contributed by atoms with Crippen molar-refractivity contribution in [2.45, 2.75) is 44.6 Å². The number of hydrogen-bond donors (Lipinski definition) is 1. The van der Waals surface area contributed by atoms with Crippen molar-refractivity contribution in [3.05, 3.63) is 29.8 Å². The Morgan fingerprint density at radius 2 is 1.80 bits per heavy atom. The van der Waals surface area contributed by atoms with Gasteiger partial charge in [-0.15, -0.1) is 0 Å². The Kier molecular flexibility index (Phi) is 4.52. The zero-order chi connectivity index (χ0) is 14.8. The van der Waals surface area contributed by atoms with E-state index in [1.54, 1.807) is 28.6 Å². The molecule has 1 aliphatic heterocycles. The van der Waals surface area contributed by atoms with Crippen molar-refractivity contribution >= 4 is 10.0 Å². The van der Waals surface area contributed by atoms with E-state index in [-0.39, 0.29) is 5.41 Å². The molecule has 1 aromatic rings. The summed E-state index contributed by atoms with van der Waals surface area (Å²) in [5, 5.41) is 0. The molecule has 0 unspecified atom stereocenters. The first-order chi connectivity index (χ1) is 9.35. The van der Waals surface area contributed by atoms with E-state index in [9.17, 15) is 8.42 Å². The van der Waals surface area contributed by atoms with Crippen LogP contribution < -0.4 is 5.73 Å². The Bertz CT molecular complexity index is 550. The molecule has 20 heavy (non-hydrogen) atoms. The fourth-order valence-electron chi connectivity index (χ4n) is 2.59. The predicted octanol–water partition coefficient (Wildman–Crippen LogP) is 2.35. The van der Waals surface area contributed by atoms with Gasteiger partial charge in [0.1, 0.15) is 0 Å². The molecule has 0 spiro atoms. The summed E-state index contributed by atoms with van der Waals surface area (Å²) in [6.45, 7) is 6.06. The maximum absolute atomic E-state index is 12.6. The zero-order valence-electron chi connectivity index (χ0n) is 12.3. The molecule has 2 rings (SSSR count). The predicted molar refractivity (Wildman–Crippen MR) is 80.7 cm³/mol. The Hall–Kier alpha value is -0.910. The largest absolute Gasteiger partial charge is 0.326 e. The van der Waals surface area contributed by atoms with E-state index in [1.807, 2.05) is 0 Å². The fourth-order valence-corrected chi connectivity index (χ4v) is 4.06. The van der Waals surface area contributed by atoms with Gasteiger partial charge in [0, 0.05) is 19.6 Å². The number of benzene rings is 1. The Balaban J connectivity index is 2.20. The molecule has 112 valence electrons. The van der Waals surface area contributed by atoms with Gasteiger partial charge in [-0.05, 0) is 42.4 Å². The van der Waals surface area contributed by atoms with Crippen molar-refractivity contribution in [3.63, 3.8) is 0 Å². The van der Waals surface area contributed by atoms with E-state index in [4.69, 9.17) is 5.73 Å². The first-order valence-corrected chi connectivity index (χ1v) is 8.58. The molecule has 1 heterocycles. The molecule has 0 saturated carbocycles. The van der Waals surface area contributed by atoms with E-state index in [0.29, 0.717) is 24.5 Å². The van der Waals surface area contributed by atoms with Crippen LogP contribution in [0.5, 0.6) is 0 Å². The highest BCUT2D eigenvalue weighted by Crippen LogP contribution is 2.31. The highest BCUT2D eigenvalue weighted by atomic mass is 32.2. The van der Waals surface area contributed by atoms with Crippen LogP contribution in [0.3, 0.4) is 0 Å². The van der Waals surface area contributed by atoms with Crippen LogP contribution >= 0.6 is 0 Å². The van der Waals surface area contributed by atoms with Gasteiger partial charge in [-0.1, -0.05) is 26.0 Å². The van der Waals surface area contributed by atoms with Gasteiger partial charge in [0.25, 0.3) is 0 Å². The molecule has 0 amide bonds. The molecule has 0 radical (unpaired) electrons. The minimum Gasteiger partial charge on any atom is -0.326 e. The van der Waals surface area contributed by atoms with Crippen LogP contribution in [-0.4, -0.2) is 25.8 Å². The van der Waals surface area contributed by atoms with Gasteiger partial charge >= 0.3 is 0 Å². The van der Waals surface area contributed by atoms with E-state index in [2.05, 4.69) is 13.8 Å². The third kappa shape index (κ3) is 3.40. The molecule has 1 aliphatic rings.